The van der Waals surface area contributed by atoms with Gasteiger partial charge in [-0.05, 0) is 25.3 Å². The highest BCUT2D eigenvalue weighted by Crippen LogP contribution is 2.42. The van der Waals surface area contributed by atoms with Crippen LogP contribution in [-0.4, -0.2) is 11.0 Å². The van der Waals surface area contributed by atoms with Crippen molar-refractivity contribution in [2.45, 2.75) is 56.9 Å². The Morgan fingerprint density at radius 2 is 1.90 bits per heavy atom. The molecule has 3 rings (SSSR count). The van der Waals surface area contributed by atoms with Gasteiger partial charge in [0.25, 0.3) is 0 Å². The molecule has 3 heteroatoms. The number of hydrogen-bond acceptors (Lipinski definition) is 3. The molecule has 1 aromatic carbocycles. The fourth-order valence-corrected chi connectivity index (χ4v) is 4.37. The molecule has 0 bridgehead atoms. The van der Waals surface area contributed by atoms with Crippen LogP contribution >= 0.6 is 11.3 Å². The third kappa shape index (κ3) is 3.04. The normalized spacial score (nSPS) is 19.3. The van der Waals surface area contributed by atoms with E-state index >= 15 is 0 Å². The van der Waals surface area contributed by atoms with E-state index in [0.717, 1.165) is 17.1 Å². The maximum Gasteiger partial charge on any atom is 0.0897 e. The van der Waals surface area contributed by atoms with Gasteiger partial charge in [-0.3, -0.25) is 0 Å². The Balaban J connectivity index is 1.88. The first-order valence-electron chi connectivity index (χ1n) is 7.93. The summed E-state index contributed by atoms with van der Waals surface area (Å²) in [5, 5.41) is 3.30. The first-order chi connectivity index (χ1) is 10.2. The number of benzene rings is 1. The van der Waals surface area contributed by atoms with E-state index in [1.165, 1.54) is 37.7 Å². The monoisotopic (exact) mass is 300 g/mol. The summed E-state index contributed by atoms with van der Waals surface area (Å²) in [6, 6.07) is 11.1. The molecule has 1 aliphatic carbocycles. The predicted molar refractivity (Wildman–Crippen MR) is 89.7 cm³/mol. The Labute approximate surface area is 131 Å². The smallest absolute Gasteiger partial charge is 0.0897 e. The number of aryl methyl sites for hydroxylation is 1. The molecule has 1 aromatic heterocycles. The number of nitrogens with two attached hydrogens (primary N) is 1. The summed E-state index contributed by atoms with van der Waals surface area (Å²) in [6.07, 6.45) is 7.23. The van der Waals surface area contributed by atoms with Gasteiger partial charge < -0.3 is 5.73 Å². The lowest BCUT2D eigenvalue weighted by Crippen LogP contribution is -2.48. The summed E-state index contributed by atoms with van der Waals surface area (Å²) in [5.41, 5.74) is 9.44. The third-order valence-corrected chi connectivity index (χ3v) is 5.72. The van der Waals surface area contributed by atoms with E-state index in [0.29, 0.717) is 0 Å². The molecule has 0 spiro atoms. The molecule has 2 nitrogen and oxygen atoms in total. The van der Waals surface area contributed by atoms with Gasteiger partial charge in [0.1, 0.15) is 0 Å². The number of thiazole rings is 1. The second kappa shape index (κ2) is 6.29. The van der Waals surface area contributed by atoms with Gasteiger partial charge in [-0.1, -0.05) is 49.6 Å². The standard InChI is InChI=1S/C18H24N2S/c1-14-20-16(13-21-14)12-17(19)18(10-6-3-7-11-18)15-8-4-2-5-9-15/h2,4-5,8-9,13,17H,3,6-7,10-12,19H2,1H3. The van der Waals surface area contributed by atoms with E-state index < -0.39 is 0 Å². The van der Waals surface area contributed by atoms with Crippen LogP contribution in [0.1, 0.15) is 48.4 Å². The van der Waals surface area contributed by atoms with Crippen LogP contribution in [0, 0.1) is 6.92 Å². The number of rotatable bonds is 4. The van der Waals surface area contributed by atoms with Crippen LogP contribution in [0.3, 0.4) is 0 Å². The Bertz CT molecular complexity index is 570. The molecule has 1 heterocycles. The molecule has 2 aromatic rings. The maximum atomic E-state index is 6.72. The average Bonchev–Trinajstić information content (AvgIpc) is 2.94. The first kappa shape index (κ1) is 14.7. The fraction of sp³-hybridized carbons (Fsp3) is 0.500. The van der Waals surface area contributed by atoms with Crippen LogP contribution in [0.2, 0.25) is 0 Å². The van der Waals surface area contributed by atoms with Crippen molar-refractivity contribution in [2.24, 2.45) is 5.73 Å². The second-order valence-electron chi connectivity index (χ2n) is 6.25. The zero-order valence-corrected chi connectivity index (χ0v) is 13.5. The Morgan fingerprint density at radius 3 is 2.52 bits per heavy atom. The van der Waals surface area contributed by atoms with E-state index in [9.17, 15) is 0 Å². The van der Waals surface area contributed by atoms with Gasteiger partial charge >= 0.3 is 0 Å². The number of hydrogen-bond donors (Lipinski definition) is 1. The van der Waals surface area contributed by atoms with Crippen LogP contribution in [-0.2, 0) is 11.8 Å². The van der Waals surface area contributed by atoms with E-state index in [1.54, 1.807) is 11.3 Å². The van der Waals surface area contributed by atoms with Gasteiger partial charge in [-0.15, -0.1) is 11.3 Å². The Morgan fingerprint density at radius 1 is 1.19 bits per heavy atom. The molecular formula is C18H24N2S. The minimum absolute atomic E-state index is 0.136. The van der Waals surface area contributed by atoms with Crippen molar-refractivity contribution in [3.05, 3.63) is 52.0 Å². The summed E-state index contributed by atoms with van der Waals surface area (Å²) in [5.74, 6) is 0. The molecule has 1 saturated carbocycles. The summed E-state index contributed by atoms with van der Waals surface area (Å²) < 4.78 is 0. The molecular weight excluding hydrogens is 276 g/mol. The van der Waals surface area contributed by atoms with Gasteiger partial charge in [0.05, 0.1) is 10.7 Å². The summed E-state index contributed by atoms with van der Waals surface area (Å²) in [6.45, 7) is 2.06. The number of nitrogens with zero attached hydrogens (tertiary/aromatic N) is 1. The molecule has 0 saturated heterocycles. The van der Waals surface area contributed by atoms with Crippen molar-refractivity contribution in [3.8, 4) is 0 Å². The maximum absolute atomic E-state index is 6.72. The van der Waals surface area contributed by atoms with Crippen molar-refractivity contribution in [2.75, 3.05) is 0 Å². The molecule has 1 unspecified atom stereocenters. The lowest BCUT2D eigenvalue weighted by molar-refractivity contribution is 0.240. The Hall–Kier alpha value is -1.19. The van der Waals surface area contributed by atoms with Crippen molar-refractivity contribution in [1.29, 1.82) is 0 Å². The summed E-state index contributed by atoms with van der Waals surface area (Å²) in [7, 11) is 0. The van der Waals surface area contributed by atoms with Crippen LogP contribution in [0.25, 0.3) is 0 Å². The minimum Gasteiger partial charge on any atom is -0.327 e. The topological polar surface area (TPSA) is 38.9 Å². The zero-order chi connectivity index (χ0) is 14.7. The largest absolute Gasteiger partial charge is 0.327 e. The lowest BCUT2D eigenvalue weighted by atomic mass is 9.64. The molecule has 112 valence electrons. The van der Waals surface area contributed by atoms with E-state index in [1.807, 2.05) is 0 Å². The number of aromatic nitrogens is 1. The van der Waals surface area contributed by atoms with Crippen LogP contribution in [0.4, 0.5) is 0 Å². The quantitative estimate of drug-likeness (QED) is 0.918. The van der Waals surface area contributed by atoms with Crippen molar-refractivity contribution >= 4 is 11.3 Å². The summed E-state index contributed by atoms with van der Waals surface area (Å²) in [4.78, 5) is 4.61. The van der Waals surface area contributed by atoms with Gasteiger partial charge in [0.15, 0.2) is 0 Å². The van der Waals surface area contributed by atoms with Gasteiger partial charge in [-0.2, -0.15) is 0 Å². The average molecular weight is 300 g/mol. The third-order valence-electron chi connectivity index (χ3n) is 4.90. The highest BCUT2D eigenvalue weighted by Gasteiger charge is 2.39. The molecule has 0 radical (unpaired) electrons. The van der Waals surface area contributed by atoms with E-state index in [-0.39, 0.29) is 11.5 Å². The Kier molecular flexibility index (Phi) is 4.41. The highest BCUT2D eigenvalue weighted by atomic mass is 32.1. The lowest BCUT2D eigenvalue weighted by Gasteiger charge is -2.42. The van der Waals surface area contributed by atoms with Gasteiger partial charge in [-0.25, -0.2) is 4.98 Å². The molecule has 21 heavy (non-hydrogen) atoms. The molecule has 1 atom stereocenters. The van der Waals surface area contributed by atoms with Crippen LogP contribution < -0.4 is 5.73 Å². The van der Waals surface area contributed by atoms with E-state index in [2.05, 4.69) is 47.6 Å². The van der Waals surface area contributed by atoms with Gasteiger partial charge in [0.2, 0.25) is 0 Å². The van der Waals surface area contributed by atoms with Crippen molar-refractivity contribution in [1.82, 2.24) is 4.98 Å². The van der Waals surface area contributed by atoms with E-state index in [4.69, 9.17) is 5.73 Å². The second-order valence-corrected chi connectivity index (χ2v) is 7.31. The molecule has 1 aliphatic rings. The fourth-order valence-electron chi connectivity index (χ4n) is 3.75. The predicted octanol–water partition coefficient (Wildman–Crippen LogP) is 4.22. The minimum atomic E-state index is 0.136. The van der Waals surface area contributed by atoms with Crippen LogP contribution in [0.15, 0.2) is 35.7 Å². The molecule has 0 amide bonds. The molecule has 2 N–H and O–H groups in total. The van der Waals surface area contributed by atoms with Crippen LogP contribution in [0.5, 0.6) is 0 Å². The van der Waals surface area contributed by atoms with Crippen molar-refractivity contribution in [3.63, 3.8) is 0 Å². The van der Waals surface area contributed by atoms with Crippen molar-refractivity contribution < 1.29 is 0 Å². The molecule has 1 fully saturated rings. The SMILES string of the molecule is Cc1nc(CC(N)C2(c3ccccc3)CCCCC2)cs1. The first-order valence-corrected chi connectivity index (χ1v) is 8.81. The zero-order valence-electron chi connectivity index (χ0n) is 12.7. The van der Waals surface area contributed by atoms with Gasteiger partial charge in [0, 0.05) is 23.3 Å². The highest BCUT2D eigenvalue weighted by molar-refractivity contribution is 7.09. The summed E-state index contributed by atoms with van der Waals surface area (Å²) >= 11 is 1.72. The molecule has 0 aliphatic heterocycles.